The predicted molar refractivity (Wildman–Crippen MR) is 90.9 cm³/mol. The molecule has 2 aromatic carbocycles. The summed E-state index contributed by atoms with van der Waals surface area (Å²) in [5.74, 6) is -1.21. The first-order valence-corrected chi connectivity index (χ1v) is 8.42. The minimum absolute atomic E-state index is 0.0175. The molecule has 0 aliphatic carbocycles. The molecule has 0 atom stereocenters. The zero-order chi connectivity index (χ0) is 18.2. The molecule has 0 unspecified atom stereocenters. The van der Waals surface area contributed by atoms with Crippen LogP contribution in [0.2, 0.25) is 0 Å². The standard InChI is InChI=1S/C18H12F3NO2S/c1-25-10-6-7-11-13(17(23)24)9-16(22-15(11)8-10)12-4-2-3-5-14(12)18(19,20)21/h2-9H,1H3,(H,23,24). The average molecular weight is 363 g/mol. The Morgan fingerprint density at radius 1 is 1.12 bits per heavy atom. The van der Waals surface area contributed by atoms with Crippen molar-refractivity contribution in [2.45, 2.75) is 11.1 Å². The zero-order valence-corrected chi connectivity index (χ0v) is 13.8. The molecule has 0 fully saturated rings. The number of halogens is 3. The van der Waals surface area contributed by atoms with E-state index in [1.54, 1.807) is 18.2 Å². The molecule has 0 amide bonds. The van der Waals surface area contributed by atoms with Crippen molar-refractivity contribution in [3.8, 4) is 11.3 Å². The number of alkyl halides is 3. The summed E-state index contributed by atoms with van der Waals surface area (Å²) < 4.78 is 39.8. The Hall–Kier alpha value is -2.54. The topological polar surface area (TPSA) is 50.2 Å². The number of carboxylic acids is 1. The number of thioether (sulfide) groups is 1. The van der Waals surface area contributed by atoms with Gasteiger partial charge in [0.05, 0.1) is 22.3 Å². The van der Waals surface area contributed by atoms with Crippen molar-refractivity contribution >= 4 is 28.6 Å². The van der Waals surface area contributed by atoms with E-state index in [-0.39, 0.29) is 16.8 Å². The molecule has 0 saturated carbocycles. The third-order valence-electron chi connectivity index (χ3n) is 3.76. The molecule has 3 aromatic rings. The van der Waals surface area contributed by atoms with Crippen LogP contribution in [0, 0.1) is 0 Å². The number of nitrogens with zero attached hydrogens (tertiary/aromatic N) is 1. The Balaban J connectivity index is 2.33. The molecule has 0 saturated heterocycles. The number of hydrogen-bond acceptors (Lipinski definition) is 3. The van der Waals surface area contributed by atoms with Crippen molar-refractivity contribution in [2.24, 2.45) is 0 Å². The van der Waals surface area contributed by atoms with Gasteiger partial charge in [-0.3, -0.25) is 0 Å². The minimum Gasteiger partial charge on any atom is -0.478 e. The molecule has 1 aromatic heterocycles. The van der Waals surface area contributed by atoms with Crippen LogP contribution in [0.3, 0.4) is 0 Å². The van der Waals surface area contributed by atoms with Gasteiger partial charge in [-0.05, 0) is 30.5 Å². The van der Waals surface area contributed by atoms with E-state index in [0.717, 1.165) is 11.0 Å². The molecule has 0 aliphatic heterocycles. The molecule has 128 valence electrons. The van der Waals surface area contributed by atoms with Gasteiger partial charge < -0.3 is 5.11 Å². The van der Waals surface area contributed by atoms with Gasteiger partial charge in [-0.2, -0.15) is 13.2 Å². The van der Waals surface area contributed by atoms with Crippen LogP contribution in [-0.4, -0.2) is 22.3 Å². The minimum atomic E-state index is -4.56. The van der Waals surface area contributed by atoms with Gasteiger partial charge >= 0.3 is 12.1 Å². The summed E-state index contributed by atoms with van der Waals surface area (Å²) in [6.45, 7) is 0. The molecule has 7 heteroatoms. The summed E-state index contributed by atoms with van der Waals surface area (Å²) >= 11 is 1.44. The highest BCUT2D eigenvalue weighted by atomic mass is 32.2. The molecule has 25 heavy (non-hydrogen) atoms. The molecular weight excluding hydrogens is 351 g/mol. The van der Waals surface area contributed by atoms with Gasteiger partial charge in [-0.1, -0.05) is 24.3 Å². The predicted octanol–water partition coefficient (Wildman–Crippen LogP) is 5.34. The SMILES string of the molecule is CSc1ccc2c(C(=O)O)cc(-c3ccccc3C(F)(F)F)nc2c1. The zero-order valence-electron chi connectivity index (χ0n) is 13.0. The summed E-state index contributed by atoms with van der Waals surface area (Å²) in [4.78, 5) is 16.7. The first-order valence-electron chi connectivity index (χ1n) is 7.20. The number of carboxylic acid groups (broad SMARTS) is 1. The smallest absolute Gasteiger partial charge is 0.417 e. The van der Waals surface area contributed by atoms with Crippen LogP contribution in [0.4, 0.5) is 13.2 Å². The normalized spacial score (nSPS) is 11.7. The van der Waals surface area contributed by atoms with Gasteiger partial charge in [0.2, 0.25) is 0 Å². The second-order valence-corrected chi connectivity index (χ2v) is 6.17. The van der Waals surface area contributed by atoms with E-state index < -0.39 is 17.7 Å². The Kier molecular flexibility index (Phi) is 4.43. The summed E-state index contributed by atoms with van der Waals surface area (Å²) in [5.41, 5.74) is -0.743. The average Bonchev–Trinajstić information content (AvgIpc) is 2.59. The van der Waals surface area contributed by atoms with Crippen molar-refractivity contribution in [3.63, 3.8) is 0 Å². The van der Waals surface area contributed by atoms with Crippen molar-refractivity contribution in [2.75, 3.05) is 6.26 Å². The fourth-order valence-corrected chi connectivity index (χ4v) is 3.04. The van der Waals surface area contributed by atoms with Gasteiger partial charge in [0.1, 0.15) is 0 Å². The van der Waals surface area contributed by atoms with Crippen LogP contribution in [-0.2, 0) is 6.18 Å². The molecule has 1 heterocycles. The number of aromatic nitrogens is 1. The van der Waals surface area contributed by atoms with Crippen LogP contribution < -0.4 is 0 Å². The largest absolute Gasteiger partial charge is 0.478 e. The number of hydrogen-bond donors (Lipinski definition) is 1. The Labute approximate surface area is 145 Å². The number of aromatic carboxylic acids is 1. The fraction of sp³-hybridized carbons (Fsp3) is 0.111. The lowest BCUT2D eigenvalue weighted by molar-refractivity contribution is -0.137. The highest BCUT2D eigenvalue weighted by molar-refractivity contribution is 7.98. The molecule has 3 rings (SSSR count). The fourth-order valence-electron chi connectivity index (χ4n) is 2.60. The van der Waals surface area contributed by atoms with E-state index in [9.17, 15) is 23.1 Å². The van der Waals surface area contributed by atoms with Crippen LogP contribution in [0.15, 0.2) is 53.4 Å². The second-order valence-electron chi connectivity index (χ2n) is 5.29. The van der Waals surface area contributed by atoms with Crippen LogP contribution in [0.1, 0.15) is 15.9 Å². The van der Waals surface area contributed by atoms with Crippen molar-refractivity contribution < 1.29 is 23.1 Å². The number of carbonyl (C=O) groups is 1. The quantitative estimate of drug-likeness (QED) is 0.638. The van der Waals surface area contributed by atoms with Gasteiger partial charge in [0, 0.05) is 15.8 Å². The van der Waals surface area contributed by atoms with Crippen molar-refractivity contribution in [1.82, 2.24) is 4.98 Å². The molecule has 0 radical (unpaired) electrons. The maximum atomic E-state index is 13.3. The maximum Gasteiger partial charge on any atom is 0.417 e. The molecule has 1 N–H and O–H groups in total. The molecular formula is C18H12F3NO2S. The van der Waals surface area contributed by atoms with Crippen LogP contribution >= 0.6 is 11.8 Å². The Morgan fingerprint density at radius 3 is 2.48 bits per heavy atom. The lowest BCUT2D eigenvalue weighted by Gasteiger charge is -2.14. The van der Waals surface area contributed by atoms with Gasteiger partial charge in [-0.25, -0.2) is 9.78 Å². The van der Waals surface area contributed by atoms with E-state index in [0.29, 0.717) is 10.9 Å². The van der Waals surface area contributed by atoms with Crippen LogP contribution in [0.25, 0.3) is 22.2 Å². The van der Waals surface area contributed by atoms with Gasteiger partial charge in [0.25, 0.3) is 0 Å². The molecule has 0 spiro atoms. The van der Waals surface area contributed by atoms with Crippen molar-refractivity contribution in [3.05, 3.63) is 59.7 Å². The summed E-state index contributed by atoms with van der Waals surface area (Å²) in [5, 5.41) is 9.84. The van der Waals surface area contributed by atoms with E-state index in [1.807, 2.05) is 6.26 Å². The van der Waals surface area contributed by atoms with E-state index in [4.69, 9.17) is 0 Å². The molecule has 0 bridgehead atoms. The number of fused-ring (bicyclic) bond motifs is 1. The summed E-state index contributed by atoms with van der Waals surface area (Å²) in [6.07, 6.45) is -2.71. The highest BCUT2D eigenvalue weighted by Gasteiger charge is 2.33. The van der Waals surface area contributed by atoms with E-state index >= 15 is 0 Å². The van der Waals surface area contributed by atoms with Crippen LogP contribution in [0.5, 0.6) is 0 Å². The third kappa shape index (κ3) is 3.32. The lowest BCUT2D eigenvalue weighted by Crippen LogP contribution is -2.08. The van der Waals surface area contributed by atoms with Gasteiger partial charge in [0.15, 0.2) is 0 Å². The Morgan fingerprint density at radius 2 is 1.84 bits per heavy atom. The molecule has 3 nitrogen and oxygen atoms in total. The Bertz CT molecular complexity index is 970. The summed E-state index contributed by atoms with van der Waals surface area (Å²) in [7, 11) is 0. The number of benzene rings is 2. The lowest BCUT2D eigenvalue weighted by atomic mass is 10.00. The first-order chi connectivity index (χ1) is 11.8. The highest BCUT2D eigenvalue weighted by Crippen LogP contribution is 2.37. The maximum absolute atomic E-state index is 13.3. The van der Waals surface area contributed by atoms with E-state index in [2.05, 4.69) is 4.98 Å². The van der Waals surface area contributed by atoms with Crippen molar-refractivity contribution in [1.29, 1.82) is 0 Å². The molecule has 0 aliphatic rings. The monoisotopic (exact) mass is 363 g/mol. The summed E-state index contributed by atoms with van der Waals surface area (Å²) in [6, 6.07) is 11.2. The van der Waals surface area contributed by atoms with Gasteiger partial charge in [-0.15, -0.1) is 11.8 Å². The third-order valence-corrected chi connectivity index (χ3v) is 4.48. The second kappa shape index (κ2) is 6.40. The first kappa shape index (κ1) is 17.3. The van der Waals surface area contributed by atoms with E-state index in [1.165, 1.54) is 36.0 Å². The number of pyridine rings is 1. The number of rotatable bonds is 3.